The van der Waals surface area contributed by atoms with Crippen LogP contribution in [0.15, 0.2) is 12.1 Å². The molecule has 0 spiro atoms. The quantitative estimate of drug-likeness (QED) is 0.873. The van der Waals surface area contributed by atoms with Gasteiger partial charge in [-0.3, -0.25) is 9.69 Å². The van der Waals surface area contributed by atoms with E-state index in [4.69, 9.17) is 0 Å². The Balaban J connectivity index is 1.55. The van der Waals surface area contributed by atoms with Crippen molar-refractivity contribution in [3.8, 4) is 0 Å². The molecule has 2 aliphatic heterocycles. The molecule has 0 aromatic carbocycles. The van der Waals surface area contributed by atoms with Crippen molar-refractivity contribution in [2.45, 2.75) is 40.2 Å². The first-order valence-corrected chi connectivity index (χ1v) is 10.5. The third-order valence-corrected chi connectivity index (χ3v) is 6.91. The molecule has 1 aromatic rings. The van der Waals surface area contributed by atoms with Crippen molar-refractivity contribution in [3.05, 3.63) is 21.9 Å². The molecule has 0 unspecified atom stereocenters. The minimum Gasteiger partial charge on any atom is -0.396 e. The van der Waals surface area contributed by atoms with Crippen LogP contribution >= 0.6 is 11.3 Å². The number of carbonyl (C=O) groups excluding carboxylic acids is 1. The Labute approximate surface area is 155 Å². The van der Waals surface area contributed by atoms with Crippen molar-refractivity contribution in [2.75, 3.05) is 32.8 Å². The number of rotatable bonds is 5. The SMILES string of the molecule is Cc1ccc(CN2C[C@@H](CO)[C@H](C3CCN(C(=O)C(C)C)CC3)C2)s1. The molecule has 4 nitrogen and oxygen atoms in total. The summed E-state index contributed by atoms with van der Waals surface area (Å²) < 4.78 is 0. The van der Waals surface area contributed by atoms with Gasteiger partial charge in [0.25, 0.3) is 0 Å². The van der Waals surface area contributed by atoms with Crippen LogP contribution in [0, 0.1) is 30.6 Å². The molecule has 140 valence electrons. The highest BCUT2D eigenvalue weighted by Gasteiger charge is 2.39. The molecule has 2 aliphatic rings. The zero-order chi connectivity index (χ0) is 18.0. The lowest BCUT2D eigenvalue weighted by molar-refractivity contribution is -0.136. The first-order valence-electron chi connectivity index (χ1n) is 9.65. The summed E-state index contributed by atoms with van der Waals surface area (Å²) in [4.78, 5) is 19.5. The van der Waals surface area contributed by atoms with Crippen LogP contribution in [0.1, 0.15) is 36.4 Å². The number of aryl methyl sites for hydroxylation is 1. The lowest BCUT2D eigenvalue weighted by Gasteiger charge is -2.37. The zero-order valence-electron chi connectivity index (χ0n) is 15.8. The van der Waals surface area contributed by atoms with Crippen molar-refractivity contribution in [2.24, 2.45) is 23.7 Å². The lowest BCUT2D eigenvalue weighted by atomic mass is 9.78. The first kappa shape index (κ1) is 18.9. The summed E-state index contributed by atoms with van der Waals surface area (Å²) in [6.45, 7) is 11.3. The molecule has 0 saturated carbocycles. The largest absolute Gasteiger partial charge is 0.396 e. The molecule has 1 N–H and O–H groups in total. The second kappa shape index (κ2) is 8.19. The van der Waals surface area contributed by atoms with E-state index in [1.54, 1.807) is 0 Å². The molecule has 1 aromatic heterocycles. The highest BCUT2D eigenvalue weighted by atomic mass is 32.1. The average molecular weight is 365 g/mol. The molecule has 3 heterocycles. The molecule has 3 rings (SSSR count). The van der Waals surface area contributed by atoms with E-state index in [1.165, 1.54) is 9.75 Å². The Hall–Kier alpha value is -0.910. The summed E-state index contributed by atoms with van der Waals surface area (Å²) in [7, 11) is 0. The summed E-state index contributed by atoms with van der Waals surface area (Å²) in [5.74, 6) is 1.99. The molecule has 25 heavy (non-hydrogen) atoms. The van der Waals surface area contributed by atoms with Gasteiger partial charge in [-0.2, -0.15) is 0 Å². The molecule has 2 atom stereocenters. The maximum absolute atomic E-state index is 12.2. The first-order chi connectivity index (χ1) is 12.0. The van der Waals surface area contributed by atoms with E-state index in [-0.39, 0.29) is 12.5 Å². The normalized spacial score (nSPS) is 25.9. The van der Waals surface area contributed by atoms with Crippen molar-refractivity contribution < 1.29 is 9.90 Å². The van der Waals surface area contributed by atoms with Gasteiger partial charge < -0.3 is 10.0 Å². The van der Waals surface area contributed by atoms with Gasteiger partial charge in [0.2, 0.25) is 5.91 Å². The molecular formula is C20H32N2O2S. The van der Waals surface area contributed by atoms with Crippen LogP contribution in [-0.2, 0) is 11.3 Å². The van der Waals surface area contributed by atoms with E-state index in [2.05, 4.69) is 24.0 Å². The van der Waals surface area contributed by atoms with Crippen LogP contribution in [-0.4, -0.2) is 53.6 Å². The fourth-order valence-electron chi connectivity index (χ4n) is 4.55. The number of likely N-dealkylation sites (tertiary alicyclic amines) is 2. The lowest BCUT2D eigenvalue weighted by Crippen LogP contribution is -2.43. The average Bonchev–Trinajstić information content (AvgIpc) is 3.20. The van der Waals surface area contributed by atoms with Gasteiger partial charge in [-0.15, -0.1) is 11.3 Å². The predicted molar refractivity (Wildman–Crippen MR) is 103 cm³/mol. The third-order valence-electron chi connectivity index (χ3n) is 5.93. The van der Waals surface area contributed by atoms with Crippen LogP contribution in [0.4, 0.5) is 0 Å². The van der Waals surface area contributed by atoms with Crippen LogP contribution in [0.2, 0.25) is 0 Å². The molecule has 1 amide bonds. The van der Waals surface area contributed by atoms with Gasteiger partial charge in [-0.05, 0) is 49.7 Å². The van der Waals surface area contributed by atoms with E-state index in [9.17, 15) is 9.90 Å². The van der Waals surface area contributed by atoms with E-state index in [0.29, 0.717) is 23.7 Å². The van der Waals surface area contributed by atoms with Gasteiger partial charge in [0.1, 0.15) is 0 Å². The number of thiophene rings is 1. The molecule has 0 radical (unpaired) electrons. The van der Waals surface area contributed by atoms with Crippen LogP contribution in [0.25, 0.3) is 0 Å². The Morgan fingerprint density at radius 3 is 2.56 bits per heavy atom. The summed E-state index contributed by atoms with van der Waals surface area (Å²) in [5, 5.41) is 9.88. The molecule has 2 saturated heterocycles. The standard InChI is InChI=1S/C20H32N2O2S/c1-14(2)20(24)22-8-6-16(7-9-22)19-12-21(10-17(19)13-23)11-18-5-4-15(3)25-18/h4-5,14,16-17,19,23H,6-13H2,1-3H3/t17-,19-/m0/s1. The van der Waals surface area contributed by atoms with E-state index in [1.807, 2.05) is 30.1 Å². The minimum absolute atomic E-state index is 0.0953. The number of hydrogen-bond donors (Lipinski definition) is 1. The number of aliphatic hydroxyl groups is 1. The number of aliphatic hydroxyl groups excluding tert-OH is 1. The summed E-state index contributed by atoms with van der Waals surface area (Å²) in [5.41, 5.74) is 0. The third kappa shape index (κ3) is 4.44. The second-order valence-corrected chi connectivity index (χ2v) is 9.50. The van der Waals surface area contributed by atoms with Gasteiger partial charge in [-0.25, -0.2) is 0 Å². The Morgan fingerprint density at radius 1 is 1.28 bits per heavy atom. The fraction of sp³-hybridized carbons (Fsp3) is 0.750. The number of carbonyl (C=O) groups is 1. The summed E-state index contributed by atoms with van der Waals surface area (Å²) in [6, 6.07) is 4.43. The maximum Gasteiger partial charge on any atom is 0.225 e. The van der Waals surface area contributed by atoms with Crippen molar-refractivity contribution in [1.82, 2.24) is 9.80 Å². The highest BCUT2D eigenvalue weighted by Crippen LogP contribution is 2.36. The summed E-state index contributed by atoms with van der Waals surface area (Å²) >= 11 is 1.88. The van der Waals surface area contributed by atoms with E-state index >= 15 is 0 Å². The topological polar surface area (TPSA) is 43.8 Å². The molecular weight excluding hydrogens is 332 g/mol. The molecule has 0 bridgehead atoms. The van der Waals surface area contributed by atoms with Crippen molar-refractivity contribution >= 4 is 17.2 Å². The van der Waals surface area contributed by atoms with Crippen LogP contribution < -0.4 is 0 Å². The highest BCUT2D eigenvalue weighted by molar-refractivity contribution is 7.11. The van der Waals surface area contributed by atoms with Crippen molar-refractivity contribution in [3.63, 3.8) is 0 Å². The second-order valence-electron chi connectivity index (χ2n) is 8.13. The number of amides is 1. The smallest absolute Gasteiger partial charge is 0.225 e. The van der Waals surface area contributed by atoms with Gasteiger partial charge >= 0.3 is 0 Å². The number of hydrogen-bond acceptors (Lipinski definition) is 4. The molecule has 2 fully saturated rings. The van der Waals surface area contributed by atoms with Gasteiger partial charge in [0.15, 0.2) is 0 Å². The molecule has 0 aliphatic carbocycles. The predicted octanol–water partition coefficient (Wildman–Crippen LogP) is 2.99. The van der Waals surface area contributed by atoms with Gasteiger partial charge in [0.05, 0.1) is 0 Å². The van der Waals surface area contributed by atoms with E-state index in [0.717, 1.165) is 45.6 Å². The maximum atomic E-state index is 12.2. The van der Waals surface area contributed by atoms with Gasteiger partial charge in [-0.1, -0.05) is 13.8 Å². The Bertz CT molecular complexity index is 578. The Morgan fingerprint density at radius 2 is 2.00 bits per heavy atom. The van der Waals surface area contributed by atoms with Crippen molar-refractivity contribution in [1.29, 1.82) is 0 Å². The van der Waals surface area contributed by atoms with Crippen LogP contribution in [0.5, 0.6) is 0 Å². The van der Waals surface area contributed by atoms with Crippen LogP contribution in [0.3, 0.4) is 0 Å². The number of piperidine rings is 1. The number of nitrogens with zero attached hydrogens (tertiary/aromatic N) is 2. The zero-order valence-corrected chi connectivity index (χ0v) is 16.6. The molecule has 5 heteroatoms. The van der Waals surface area contributed by atoms with E-state index < -0.39 is 0 Å². The summed E-state index contributed by atoms with van der Waals surface area (Å²) in [6.07, 6.45) is 2.18. The monoisotopic (exact) mass is 364 g/mol. The fourth-order valence-corrected chi connectivity index (χ4v) is 5.48. The van der Waals surface area contributed by atoms with Gasteiger partial charge in [0, 0.05) is 55.0 Å². The Kier molecular flexibility index (Phi) is 6.18. The minimum atomic E-state index is 0.0953.